The summed E-state index contributed by atoms with van der Waals surface area (Å²) in [4.78, 5) is 44.3. The van der Waals surface area contributed by atoms with Gasteiger partial charge in [-0.25, -0.2) is 9.78 Å². The molecule has 2 aliphatic rings. The van der Waals surface area contributed by atoms with Gasteiger partial charge in [-0.1, -0.05) is 6.08 Å². The average molecular weight is 443 g/mol. The van der Waals surface area contributed by atoms with Gasteiger partial charge in [-0.3, -0.25) is 14.2 Å². The van der Waals surface area contributed by atoms with Gasteiger partial charge in [0.05, 0.1) is 18.7 Å². The summed E-state index contributed by atoms with van der Waals surface area (Å²) >= 11 is 0. The maximum atomic E-state index is 12.9. The Hall–Kier alpha value is -2.94. The van der Waals surface area contributed by atoms with E-state index in [4.69, 9.17) is 9.47 Å². The van der Waals surface area contributed by atoms with Crippen LogP contribution in [0.4, 0.5) is 4.79 Å². The minimum Gasteiger partial charge on any atom is -0.444 e. The van der Waals surface area contributed by atoms with Crippen LogP contribution in [-0.4, -0.2) is 57.0 Å². The molecular weight excluding hydrogens is 412 g/mol. The van der Waals surface area contributed by atoms with Gasteiger partial charge in [-0.15, -0.1) is 0 Å². The summed E-state index contributed by atoms with van der Waals surface area (Å²) in [6, 6.07) is 1.71. The SMILES string of the molecule is Cn1c(=O)c(=O)n(C2CCN(C(=O)OC(C)(C)C)CC2)c2ncc(C3=CCOCC3)cc21. The van der Waals surface area contributed by atoms with E-state index in [1.54, 1.807) is 18.1 Å². The van der Waals surface area contributed by atoms with Crippen LogP contribution in [0, 0.1) is 0 Å². The van der Waals surface area contributed by atoms with Crippen LogP contribution in [0.2, 0.25) is 0 Å². The Balaban J connectivity index is 1.66. The van der Waals surface area contributed by atoms with E-state index in [9.17, 15) is 14.4 Å². The monoisotopic (exact) mass is 442 g/mol. The Kier molecular flexibility index (Phi) is 5.94. The Morgan fingerprint density at radius 1 is 1.19 bits per heavy atom. The average Bonchev–Trinajstić information content (AvgIpc) is 2.77. The highest BCUT2D eigenvalue weighted by atomic mass is 16.6. The lowest BCUT2D eigenvalue weighted by molar-refractivity contribution is 0.0188. The number of carbonyl (C=O) groups excluding carboxylic acids is 1. The molecule has 32 heavy (non-hydrogen) atoms. The number of pyridine rings is 1. The first-order valence-corrected chi connectivity index (χ1v) is 11.0. The third-order valence-corrected chi connectivity index (χ3v) is 5.96. The molecule has 9 nitrogen and oxygen atoms in total. The molecule has 1 fully saturated rings. The number of rotatable bonds is 2. The Morgan fingerprint density at radius 2 is 1.91 bits per heavy atom. The van der Waals surface area contributed by atoms with E-state index < -0.39 is 16.7 Å². The fourth-order valence-corrected chi connectivity index (χ4v) is 4.27. The number of carbonyl (C=O) groups is 1. The largest absolute Gasteiger partial charge is 0.444 e. The minimum absolute atomic E-state index is 0.210. The minimum atomic E-state index is -0.582. The molecule has 0 bridgehead atoms. The molecule has 2 aromatic heterocycles. The summed E-state index contributed by atoms with van der Waals surface area (Å²) in [5.41, 5.74) is 1.45. The van der Waals surface area contributed by atoms with Crippen LogP contribution in [0.1, 0.15) is 51.6 Å². The first-order valence-electron chi connectivity index (χ1n) is 11.0. The lowest BCUT2D eigenvalue weighted by Gasteiger charge is -2.34. The number of aromatic nitrogens is 3. The summed E-state index contributed by atoms with van der Waals surface area (Å²) in [6.07, 6.45) is 5.30. The second kappa shape index (κ2) is 8.54. The number of fused-ring (bicyclic) bond motifs is 1. The highest BCUT2D eigenvalue weighted by Crippen LogP contribution is 2.27. The van der Waals surface area contributed by atoms with E-state index in [2.05, 4.69) is 4.98 Å². The summed E-state index contributed by atoms with van der Waals surface area (Å²) < 4.78 is 13.7. The van der Waals surface area contributed by atoms with Gasteiger partial charge in [0.25, 0.3) is 0 Å². The number of aryl methyl sites for hydroxylation is 1. The van der Waals surface area contributed by atoms with Crippen molar-refractivity contribution >= 4 is 22.8 Å². The molecule has 0 saturated carbocycles. The maximum absolute atomic E-state index is 12.9. The predicted molar refractivity (Wildman–Crippen MR) is 121 cm³/mol. The standard InChI is InChI=1S/C23H30N4O5/c1-23(2,3)32-22(30)26-9-5-17(6-10-26)27-19-18(25(4)20(28)21(27)29)13-16(14-24-19)15-7-11-31-12-8-15/h7,13-14,17H,5-6,8-12H2,1-4H3. The highest BCUT2D eigenvalue weighted by molar-refractivity contribution is 5.77. The molecule has 0 aromatic carbocycles. The molecule has 0 N–H and O–H groups in total. The second-order valence-electron chi connectivity index (χ2n) is 9.36. The van der Waals surface area contributed by atoms with Crippen LogP contribution >= 0.6 is 0 Å². The van der Waals surface area contributed by atoms with Crippen molar-refractivity contribution in [1.29, 1.82) is 0 Å². The van der Waals surface area contributed by atoms with Crippen molar-refractivity contribution in [1.82, 2.24) is 19.0 Å². The molecule has 1 amide bonds. The van der Waals surface area contributed by atoms with Crippen molar-refractivity contribution in [3.63, 3.8) is 0 Å². The van der Waals surface area contributed by atoms with Crippen LogP contribution < -0.4 is 11.1 Å². The fraction of sp³-hybridized carbons (Fsp3) is 0.565. The van der Waals surface area contributed by atoms with Crippen LogP contribution in [0.3, 0.4) is 0 Å². The molecule has 9 heteroatoms. The number of nitrogens with zero attached hydrogens (tertiary/aromatic N) is 4. The molecule has 0 atom stereocenters. The topological polar surface area (TPSA) is 95.7 Å². The van der Waals surface area contributed by atoms with E-state index in [0.29, 0.717) is 50.3 Å². The van der Waals surface area contributed by atoms with E-state index in [1.165, 1.54) is 9.13 Å². The van der Waals surface area contributed by atoms with E-state index >= 15 is 0 Å². The highest BCUT2D eigenvalue weighted by Gasteiger charge is 2.29. The molecule has 0 radical (unpaired) electrons. The first-order chi connectivity index (χ1) is 15.2. The van der Waals surface area contributed by atoms with Crippen molar-refractivity contribution < 1.29 is 14.3 Å². The number of piperidine rings is 1. The zero-order valence-electron chi connectivity index (χ0n) is 19.1. The van der Waals surface area contributed by atoms with Gasteiger partial charge in [-0.05, 0) is 57.2 Å². The van der Waals surface area contributed by atoms with Gasteiger partial charge in [0.1, 0.15) is 5.60 Å². The van der Waals surface area contributed by atoms with Gasteiger partial charge in [0.2, 0.25) is 0 Å². The molecule has 2 aromatic rings. The van der Waals surface area contributed by atoms with Gasteiger partial charge in [0.15, 0.2) is 5.65 Å². The molecule has 4 rings (SSSR count). The molecule has 172 valence electrons. The quantitative estimate of drug-likeness (QED) is 0.663. The molecule has 2 aliphatic heterocycles. The van der Waals surface area contributed by atoms with Crippen molar-refractivity contribution in [3.05, 3.63) is 44.6 Å². The molecule has 1 saturated heterocycles. The number of likely N-dealkylation sites (tertiary alicyclic amines) is 1. The Bertz CT molecular complexity index is 1180. The summed E-state index contributed by atoms with van der Waals surface area (Å²) in [6.45, 7) is 7.61. The van der Waals surface area contributed by atoms with Crippen LogP contribution in [0.5, 0.6) is 0 Å². The van der Waals surface area contributed by atoms with Crippen LogP contribution in [0.25, 0.3) is 16.7 Å². The maximum Gasteiger partial charge on any atom is 0.410 e. The number of hydrogen-bond acceptors (Lipinski definition) is 6. The van der Waals surface area contributed by atoms with Crippen molar-refractivity contribution in [3.8, 4) is 0 Å². The van der Waals surface area contributed by atoms with Crippen molar-refractivity contribution in [2.75, 3.05) is 26.3 Å². The van der Waals surface area contributed by atoms with Crippen molar-refractivity contribution in [2.45, 2.75) is 51.7 Å². The zero-order valence-corrected chi connectivity index (χ0v) is 19.1. The summed E-state index contributed by atoms with van der Waals surface area (Å²) in [5, 5.41) is 0. The lowest BCUT2D eigenvalue weighted by atomic mass is 10.0. The third-order valence-electron chi connectivity index (χ3n) is 5.96. The molecule has 0 unspecified atom stereocenters. The second-order valence-corrected chi connectivity index (χ2v) is 9.36. The van der Waals surface area contributed by atoms with E-state index in [0.717, 1.165) is 17.6 Å². The van der Waals surface area contributed by atoms with Crippen LogP contribution in [-0.2, 0) is 16.5 Å². The van der Waals surface area contributed by atoms with Crippen molar-refractivity contribution in [2.24, 2.45) is 7.05 Å². The third kappa shape index (κ3) is 4.34. The molecular formula is C23H30N4O5. The van der Waals surface area contributed by atoms with Crippen LogP contribution in [0.15, 0.2) is 27.9 Å². The molecule has 0 spiro atoms. The molecule has 0 aliphatic carbocycles. The predicted octanol–water partition coefficient (Wildman–Crippen LogP) is 2.47. The summed E-state index contributed by atoms with van der Waals surface area (Å²) in [7, 11) is 1.60. The van der Waals surface area contributed by atoms with Gasteiger partial charge >= 0.3 is 17.2 Å². The van der Waals surface area contributed by atoms with Gasteiger partial charge in [-0.2, -0.15) is 0 Å². The van der Waals surface area contributed by atoms with E-state index in [1.807, 2.05) is 32.9 Å². The van der Waals surface area contributed by atoms with Gasteiger partial charge in [0, 0.05) is 32.4 Å². The first kappa shape index (κ1) is 22.3. The normalized spacial score (nSPS) is 18.0. The lowest BCUT2D eigenvalue weighted by Crippen LogP contribution is -2.46. The molecule has 4 heterocycles. The fourth-order valence-electron chi connectivity index (χ4n) is 4.27. The zero-order chi connectivity index (χ0) is 23.0. The Labute approximate surface area is 186 Å². The Morgan fingerprint density at radius 3 is 2.53 bits per heavy atom. The summed E-state index contributed by atoms with van der Waals surface area (Å²) in [5.74, 6) is 0. The number of amides is 1. The van der Waals surface area contributed by atoms with E-state index in [-0.39, 0.29) is 12.1 Å². The smallest absolute Gasteiger partial charge is 0.410 e. The number of hydrogen-bond donors (Lipinski definition) is 0. The number of ether oxygens (including phenoxy) is 2. The van der Waals surface area contributed by atoms with Gasteiger partial charge < -0.3 is 18.9 Å².